The number of carbonyl (C=O) groups is 1. The zero-order valence-corrected chi connectivity index (χ0v) is 23.7. The summed E-state index contributed by atoms with van der Waals surface area (Å²) >= 11 is 5.97. The maximum absolute atomic E-state index is 13.5. The van der Waals surface area contributed by atoms with E-state index < -0.39 is 15.8 Å². The van der Waals surface area contributed by atoms with Crippen molar-refractivity contribution in [3.63, 3.8) is 0 Å². The molecule has 0 aliphatic carbocycles. The van der Waals surface area contributed by atoms with Crippen LogP contribution in [0.1, 0.15) is 13.8 Å². The van der Waals surface area contributed by atoms with Crippen LogP contribution in [0.15, 0.2) is 64.7 Å². The van der Waals surface area contributed by atoms with Crippen molar-refractivity contribution < 1.29 is 22.3 Å². The number of nitrogens with zero attached hydrogens (tertiary/aromatic N) is 3. The van der Waals surface area contributed by atoms with Crippen molar-refractivity contribution in [3.8, 4) is 17.0 Å². The maximum Gasteiger partial charge on any atom is 0.263 e. The Balaban J connectivity index is 1.71. The van der Waals surface area contributed by atoms with Gasteiger partial charge in [-0.3, -0.25) is 18.9 Å². The number of anilines is 1. The van der Waals surface area contributed by atoms with E-state index in [2.05, 4.69) is 20.0 Å². The molecule has 0 saturated carbocycles. The van der Waals surface area contributed by atoms with E-state index in [9.17, 15) is 22.4 Å². The Hall–Kier alpha value is -4.03. The zero-order valence-electron chi connectivity index (χ0n) is 22.1. The van der Waals surface area contributed by atoms with Crippen LogP contribution in [-0.4, -0.2) is 43.0 Å². The Morgan fingerprint density at radius 3 is 2.55 bits per heavy atom. The van der Waals surface area contributed by atoms with Gasteiger partial charge in [-0.15, -0.1) is 0 Å². The number of nitrogens with one attached hydrogen (secondary N) is 2. The summed E-state index contributed by atoms with van der Waals surface area (Å²) in [6.45, 7) is 3.98. The highest BCUT2D eigenvalue weighted by Gasteiger charge is 2.22. The Labute approximate surface area is 235 Å². The van der Waals surface area contributed by atoms with Crippen LogP contribution in [0.3, 0.4) is 0 Å². The number of methoxy groups -OCH3 is 1. The van der Waals surface area contributed by atoms with E-state index in [1.54, 1.807) is 32.2 Å². The Morgan fingerprint density at radius 2 is 1.88 bits per heavy atom. The molecule has 40 heavy (non-hydrogen) atoms. The molecule has 0 aliphatic rings. The van der Waals surface area contributed by atoms with Crippen molar-refractivity contribution in [2.45, 2.75) is 25.3 Å². The first-order valence-corrected chi connectivity index (χ1v) is 14.0. The lowest BCUT2D eigenvalue weighted by molar-refractivity contribution is -0.125. The van der Waals surface area contributed by atoms with Crippen LogP contribution in [0, 0.1) is 17.7 Å². The van der Waals surface area contributed by atoms with Gasteiger partial charge in [-0.1, -0.05) is 31.5 Å². The summed E-state index contributed by atoms with van der Waals surface area (Å²) in [5.41, 5.74) is 1.27. The van der Waals surface area contributed by atoms with Crippen LogP contribution in [-0.2, 0) is 21.4 Å². The summed E-state index contributed by atoms with van der Waals surface area (Å²) in [5, 5.41) is 2.68. The molecular formula is C27H27ClFN5O5S. The highest BCUT2D eigenvalue weighted by Crippen LogP contribution is 2.32. The first kappa shape index (κ1) is 29.0. The highest BCUT2D eigenvalue weighted by molar-refractivity contribution is 7.92. The van der Waals surface area contributed by atoms with Crippen LogP contribution in [0.2, 0.25) is 5.02 Å². The normalized spacial score (nSPS) is 13.1. The summed E-state index contributed by atoms with van der Waals surface area (Å²) in [4.78, 5) is 33.6. The van der Waals surface area contributed by atoms with Crippen LogP contribution in [0.5, 0.6) is 5.88 Å². The third-order valence-corrected chi connectivity index (χ3v) is 8.48. The van der Waals surface area contributed by atoms with Crippen LogP contribution < -0.4 is 20.3 Å². The topological polar surface area (TPSA) is 132 Å². The van der Waals surface area contributed by atoms with E-state index in [-0.39, 0.29) is 44.8 Å². The van der Waals surface area contributed by atoms with Gasteiger partial charge in [0, 0.05) is 31.3 Å². The number of pyridine rings is 1. The second-order valence-electron chi connectivity index (χ2n) is 9.28. The average Bonchev–Trinajstić information content (AvgIpc) is 2.93. The molecule has 4 rings (SSSR count). The van der Waals surface area contributed by atoms with Gasteiger partial charge in [0.15, 0.2) is 0 Å². The molecule has 0 aliphatic heterocycles. The van der Waals surface area contributed by atoms with Gasteiger partial charge in [0.2, 0.25) is 11.8 Å². The molecule has 0 unspecified atom stereocenters. The van der Waals surface area contributed by atoms with Crippen molar-refractivity contribution in [2.75, 3.05) is 18.9 Å². The number of aromatic nitrogens is 3. The van der Waals surface area contributed by atoms with E-state index in [1.807, 2.05) is 6.92 Å². The van der Waals surface area contributed by atoms with Gasteiger partial charge in [0.05, 0.1) is 29.4 Å². The van der Waals surface area contributed by atoms with Crippen molar-refractivity contribution >= 4 is 44.1 Å². The number of ether oxygens (including phenoxy) is 1. The minimum absolute atomic E-state index is 0.00501. The van der Waals surface area contributed by atoms with Crippen molar-refractivity contribution in [2.24, 2.45) is 11.8 Å². The van der Waals surface area contributed by atoms with E-state index in [0.717, 1.165) is 18.2 Å². The Bertz CT molecular complexity index is 1760. The fourth-order valence-corrected chi connectivity index (χ4v) is 5.74. The number of hydrogen-bond acceptors (Lipinski definition) is 7. The number of sulfonamides is 1. The van der Waals surface area contributed by atoms with Crippen molar-refractivity contribution in [1.82, 2.24) is 19.9 Å². The van der Waals surface area contributed by atoms with E-state index in [4.69, 9.17) is 16.3 Å². The Kier molecular flexibility index (Phi) is 8.40. The first-order chi connectivity index (χ1) is 18.9. The summed E-state index contributed by atoms with van der Waals surface area (Å²) < 4.78 is 48.6. The zero-order chi connectivity index (χ0) is 29.2. The third-order valence-electron chi connectivity index (χ3n) is 6.63. The molecule has 2 N–H and O–H groups in total. The minimum atomic E-state index is -4.23. The standard InChI is InChI=1S/C27H27ClFN5O5S/c1-15(16(2)25(35)30-3)13-34-14-32-22-7-5-17(9-20(22)27(34)36)18-10-23(26(39-4)31-12-18)33-40(37,38)24-8-6-19(29)11-21(24)28/h5-12,14-16,33H,13H2,1-4H3,(H,30,35)/t15-,16-/m0/s1. The molecule has 210 valence electrons. The minimum Gasteiger partial charge on any atom is -0.480 e. The van der Waals surface area contributed by atoms with Crippen LogP contribution in [0.4, 0.5) is 10.1 Å². The quantitative estimate of drug-likeness (QED) is 0.301. The summed E-state index contributed by atoms with van der Waals surface area (Å²) in [6, 6.07) is 9.51. The lowest BCUT2D eigenvalue weighted by Crippen LogP contribution is -2.33. The van der Waals surface area contributed by atoms with E-state index in [0.29, 0.717) is 28.6 Å². The van der Waals surface area contributed by atoms with Crippen LogP contribution >= 0.6 is 11.6 Å². The summed E-state index contributed by atoms with van der Waals surface area (Å²) in [7, 11) is -1.32. The molecule has 10 nitrogen and oxygen atoms in total. The van der Waals surface area contributed by atoms with E-state index in [1.165, 1.54) is 30.3 Å². The van der Waals surface area contributed by atoms with E-state index >= 15 is 0 Å². The lowest BCUT2D eigenvalue weighted by atomic mass is 9.95. The van der Waals surface area contributed by atoms with Gasteiger partial charge < -0.3 is 10.1 Å². The molecule has 0 spiro atoms. The van der Waals surface area contributed by atoms with Gasteiger partial charge in [-0.2, -0.15) is 0 Å². The second kappa shape index (κ2) is 11.6. The molecule has 2 heterocycles. The smallest absolute Gasteiger partial charge is 0.263 e. The number of carbonyl (C=O) groups excluding carboxylic acids is 1. The molecule has 4 aromatic rings. The SMILES string of the molecule is CNC(=O)[C@@H](C)[C@@H](C)Cn1cnc2ccc(-c3cnc(OC)c(NS(=O)(=O)c4ccc(F)cc4Cl)c3)cc2c1=O. The highest BCUT2D eigenvalue weighted by atomic mass is 35.5. The molecule has 0 radical (unpaired) electrons. The summed E-state index contributed by atoms with van der Waals surface area (Å²) in [5.74, 6) is -1.23. The number of benzene rings is 2. The average molecular weight is 588 g/mol. The Morgan fingerprint density at radius 1 is 1.12 bits per heavy atom. The van der Waals surface area contributed by atoms with Gasteiger partial charge >= 0.3 is 0 Å². The second-order valence-corrected chi connectivity index (χ2v) is 11.3. The fourth-order valence-electron chi connectivity index (χ4n) is 4.16. The summed E-state index contributed by atoms with van der Waals surface area (Å²) in [6.07, 6.45) is 2.94. The molecule has 0 bridgehead atoms. The van der Waals surface area contributed by atoms with Gasteiger partial charge in [-0.05, 0) is 47.9 Å². The lowest BCUT2D eigenvalue weighted by Gasteiger charge is -2.19. The molecule has 0 saturated heterocycles. The van der Waals surface area contributed by atoms with Crippen molar-refractivity contribution in [3.05, 3.63) is 76.2 Å². The molecule has 13 heteroatoms. The van der Waals surface area contributed by atoms with Crippen molar-refractivity contribution in [1.29, 1.82) is 0 Å². The first-order valence-electron chi connectivity index (χ1n) is 12.2. The number of halogens is 2. The van der Waals surface area contributed by atoms with Gasteiger partial charge in [-0.25, -0.2) is 22.8 Å². The largest absolute Gasteiger partial charge is 0.480 e. The third kappa shape index (κ3) is 5.92. The fraction of sp³-hybridized carbons (Fsp3) is 0.259. The van der Waals surface area contributed by atoms with Crippen LogP contribution in [0.25, 0.3) is 22.0 Å². The molecule has 2 aromatic carbocycles. The number of amides is 1. The molecule has 1 amide bonds. The molecule has 2 atom stereocenters. The molecule has 0 fully saturated rings. The number of rotatable bonds is 9. The van der Waals surface area contributed by atoms with Gasteiger partial charge in [0.1, 0.15) is 16.4 Å². The molecule has 2 aromatic heterocycles. The monoisotopic (exact) mass is 587 g/mol. The number of hydrogen-bond donors (Lipinski definition) is 2. The molecular weight excluding hydrogens is 561 g/mol. The predicted molar refractivity (Wildman–Crippen MR) is 150 cm³/mol. The maximum atomic E-state index is 13.5. The van der Waals surface area contributed by atoms with Gasteiger partial charge in [0.25, 0.3) is 15.6 Å². The predicted octanol–water partition coefficient (Wildman–Crippen LogP) is 4.08. The number of fused-ring (bicyclic) bond motifs is 1.